The van der Waals surface area contributed by atoms with Gasteiger partial charge in [-0.25, -0.2) is 12.8 Å². The number of rotatable bonds is 6. The van der Waals surface area contributed by atoms with Gasteiger partial charge in [-0.1, -0.05) is 35.0 Å². The van der Waals surface area contributed by atoms with Gasteiger partial charge >= 0.3 is 0 Å². The zero-order valence-electron chi connectivity index (χ0n) is 20.8. The van der Waals surface area contributed by atoms with Crippen LogP contribution in [0.4, 0.5) is 10.1 Å². The van der Waals surface area contributed by atoms with Gasteiger partial charge in [0.2, 0.25) is 15.9 Å². The third-order valence-corrected chi connectivity index (χ3v) is 8.44. The fourth-order valence-electron chi connectivity index (χ4n) is 4.73. The molecule has 1 aromatic heterocycles. The van der Waals surface area contributed by atoms with Crippen LogP contribution in [0.3, 0.4) is 0 Å². The molecule has 0 radical (unpaired) electrons. The van der Waals surface area contributed by atoms with Crippen LogP contribution >= 0.6 is 0 Å². The van der Waals surface area contributed by atoms with E-state index >= 15 is 0 Å². The quantitative estimate of drug-likeness (QED) is 0.488. The molecule has 7 nitrogen and oxygen atoms in total. The molecule has 36 heavy (non-hydrogen) atoms. The lowest BCUT2D eigenvalue weighted by atomic mass is 9.99. The van der Waals surface area contributed by atoms with E-state index in [1.165, 1.54) is 22.5 Å². The van der Waals surface area contributed by atoms with Gasteiger partial charge in [0.15, 0.2) is 10.7 Å². The second-order valence-electron chi connectivity index (χ2n) is 9.31. The molecule has 9 heteroatoms. The maximum absolute atomic E-state index is 13.7. The molecule has 4 rings (SSSR count). The molecule has 1 unspecified atom stereocenters. The summed E-state index contributed by atoms with van der Waals surface area (Å²) >= 11 is 0. The number of nitrogens with one attached hydrogen (secondary N) is 1. The van der Waals surface area contributed by atoms with Crippen LogP contribution in [-0.2, 0) is 14.8 Å². The fraction of sp³-hybridized carbons (Fsp3) is 0.333. The first kappa shape index (κ1) is 25.8. The Bertz CT molecular complexity index is 1410. The van der Waals surface area contributed by atoms with Gasteiger partial charge in [0.25, 0.3) is 0 Å². The van der Waals surface area contributed by atoms with Crippen LogP contribution in [0.1, 0.15) is 46.5 Å². The van der Waals surface area contributed by atoms with E-state index in [9.17, 15) is 17.6 Å². The van der Waals surface area contributed by atoms with E-state index in [1.54, 1.807) is 19.1 Å². The van der Waals surface area contributed by atoms with E-state index in [-0.39, 0.29) is 35.3 Å². The molecule has 1 fully saturated rings. The van der Waals surface area contributed by atoms with Crippen LogP contribution in [0.5, 0.6) is 0 Å². The van der Waals surface area contributed by atoms with Crippen LogP contribution in [0.2, 0.25) is 0 Å². The molecule has 1 aliphatic heterocycles. The van der Waals surface area contributed by atoms with Crippen molar-refractivity contribution in [3.63, 3.8) is 0 Å². The molecule has 0 bridgehead atoms. The van der Waals surface area contributed by atoms with E-state index in [0.29, 0.717) is 18.5 Å². The molecule has 2 aromatic carbocycles. The summed E-state index contributed by atoms with van der Waals surface area (Å²) in [6.07, 6.45) is 4.54. The highest BCUT2D eigenvalue weighted by Gasteiger charge is 2.37. The third kappa shape index (κ3) is 5.42. The van der Waals surface area contributed by atoms with E-state index in [0.717, 1.165) is 22.3 Å². The molecule has 0 spiro atoms. The van der Waals surface area contributed by atoms with Crippen LogP contribution in [0.25, 0.3) is 12.2 Å². The van der Waals surface area contributed by atoms with Gasteiger partial charge in [0.1, 0.15) is 11.5 Å². The number of aryl methyl sites for hydroxylation is 4. The van der Waals surface area contributed by atoms with Crippen molar-refractivity contribution in [3.05, 3.63) is 75.9 Å². The number of aromatic nitrogens is 1. The minimum Gasteiger partial charge on any atom is -0.355 e. The summed E-state index contributed by atoms with van der Waals surface area (Å²) in [6, 6.07) is 9.75. The predicted octanol–water partition coefficient (Wildman–Crippen LogP) is 5.26. The largest absolute Gasteiger partial charge is 0.355 e. The molecule has 1 amide bonds. The number of amides is 1. The van der Waals surface area contributed by atoms with E-state index in [2.05, 4.69) is 22.6 Å². The van der Waals surface area contributed by atoms with Gasteiger partial charge < -0.3 is 9.84 Å². The van der Waals surface area contributed by atoms with Crippen molar-refractivity contribution in [2.75, 3.05) is 18.4 Å². The Morgan fingerprint density at radius 2 is 1.86 bits per heavy atom. The van der Waals surface area contributed by atoms with E-state index in [4.69, 9.17) is 4.52 Å². The van der Waals surface area contributed by atoms with Crippen molar-refractivity contribution >= 4 is 33.8 Å². The van der Waals surface area contributed by atoms with Crippen molar-refractivity contribution in [3.8, 4) is 0 Å². The van der Waals surface area contributed by atoms with Crippen LogP contribution in [-0.4, -0.2) is 36.9 Å². The number of hydrogen-bond donors (Lipinski definition) is 1. The second-order valence-corrected chi connectivity index (χ2v) is 11.2. The average Bonchev–Trinajstić information content (AvgIpc) is 3.19. The molecule has 3 aromatic rings. The number of nitrogens with zero attached hydrogens (tertiary/aromatic N) is 2. The van der Waals surface area contributed by atoms with Crippen LogP contribution < -0.4 is 5.32 Å². The van der Waals surface area contributed by atoms with Gasteiger partial charge in [0, 0.05) is 18.8 Å². The maximum Gasteiger partial charge on any atom is 0.248 e. The van der Waals surface area contributed by atoms with Gasteiger partial charge in [-0.3, -0.25) is 4.79 Å². The van der Waals surface area contributed by atoms with Crippen molar-refractivity contribution in [1.82, 2.24) is 9.46 Å². The van der Waals surface area contributed by atoms with Crippen LogP contribution in [0, 0.1) is 39.4 Å². The number of benzene rings is 2. The molecular formula is C27H30FN3O4S. The Balaban J connectivity index is 1.56. The number of hydrogen-bond acceptors (Lipinski definition) is 5. The Morgan fingerprint density at radius 3 is 2.56 bits per heavy atom. The fourth-order valence-corrected chi connectivity index (χ4v) is 6.50. The number of sulfonamides is 1. The first-order valence-corrected chi connectivity index (χ1v) is 13.3. The second kappa shape index (κ2) is 10.4. The lowest BCUT2D eigenvalue weighted by Gasteiger charge is -2.31. The van der Waals surface area contributed by atoms with E-state index in [1.807, 2.05) is 26.8 Å². The minimum atomic E-state index is -3.97. The minimum absolute atomic E-state index is 0.00681. The first-order valence-electron chi connectivity index (χ1n) is 11.8. The van der Waals surface area contributed by atoms with Crippen molar-refractivity contribution in [2.24, 2.45) is 5.92 Å². The maximum atomic E-state index is 13.7. The monoisotopic (exact) mass is 511 g/mol. The molecule has 190 valence electrons. The zero-order valence-corrected chi connectivity index (χ0v) is 21.7. The number of anilines is 1. The molecule has 1 N–H and O–H groups in total. The summed E-state index contributed by atoms with van der Waals surface area (Å²) in [7, 11) is -3.97. The highest BCUT2D eigenvalue weighted by Crippen LogP contribution is 2.30. The lowest BCUT2D eigenvalue weighted by molar-refractivity contribution is -0.120. The predicted molar refractivity (Wildman–Crippen MR) is 137 cm³/mol. The number of carbonyl (C=O) groups is 1. The third-order valence-electron chi connectivity index (χ3n) is 6.42. The Kier molecular flexibility index (Phi) is 7.42. The highest BCUT2D eigenvalue weighted by molar-refractivity contribution is 7.89. The molecule has 1 saturated heterocycles. The summed E-state index contributed by atoms with van der Waals surface area (Å²) < 4.78 is 47.5. The molecule has 0 aliphatic carbocycles. The normalized spacial score (nSPS) is 17.0. The SMILES string of the molecule is Cc1cc(C)c(/C=C/c2onc(C)c2S(=O)(=O)N2CCCC(C(=O)Nc3cccc(F)c3)C2)c(C)c1. The number of piperidine rings is 1. The molecule has 1 atom stereocenters. The first-order chi connectivity index (χ1) is 17.1. The summed E-state index contributed by atoms with van der Waals surface area (Å²) in [5.41, 5.74) is 4.90. The lowest BCUT2D eigenvalue weighted by Crippen LogP contribution is -2.43. The van der Waals surface area contributed by atoms with Crippen molar-refractivity contribution < 1.29 is 22.1 Å². The Labute approximate surface area is 211 Å². The van der Waals surface area contributed by atoms with E-state index < -0.39 is 21.8 Å². The standard InChI is InChI=1S/C27H30FN3O4S/c1-17-13-18(2)24(19(3)14-17)10-11-25-26(20(4)30-35-25)36(33,34)31-12-6-7-21(16-31)27(32)29-23-9-5-8-22(28)15-23/h5,8-11,13-15,21H,6-7,12,16H2,1-4H3,(H,29,32)/b11-10+. The van der Waals surface area contributed by atoms with Gasteiger partial charge in [-0.05, 0) is 81.5 Å². The number of carbonyl (C=O) groups excluding carboxylic acids is 1. The number of halogens is 1. The Hall–Kier alpha value is -3.30. The van der Waals surface area contributed by atoms with Gasteiger partial charge in [0.05, 0.1) is 5.92 Å². The molecule has 0 saturated carbocycles. The molecule has 1 aliphatic rings. The van der Waals surface area contributed by atoms with Crippen molar-refractivity contribution in [1.29, 1.82) is 0 Å². The summed E-state index contributed by atoms with van der Waals surface area (Å²) in [4.78, 5) is 12.8. The zero-order chi connectivity index (χ0) is 26.0. The summed E-state index contributed by atoms with van der Waals surface area (Å²) in [6.45, 7) is 7.94. The summed E-state index contributed by atoms with van der Waals surface area (Å²) in [5, 5.41) is 6.61. The summed E-state index contributed by atoms with van der Waals surface area (Å²) in [5.74, 6) is -1.21. The smallest absolute Gasteiger partial charge is 0.248 e. The molecular weight excluding hydrogens is 481 g/mol. The van der Waals surface area contributed by atoms with Crippen LogP contribution in [0.15, 0.2) is 45.8 Å². The van der Waals surface area contributed by atoms with Gasteiger partial charge in [-0.15, -0.1) is 0 Å². The van der Waals surface area contributed by atoms with Crippen molar-refractivity contribution in [2.45, 2.75) is 45.4 Å². The average molecular weight is 512 g/mol. The Morgan fingerprint density at radius 1 is 1.14 bits per heavy atom. The molecule has 2 heterocycles. The highest BCUT2D eigenvalue weighted by atomic mass is 32.2. The van der Waals surface area contributed by atoms with Gasteiger partial charge in [-0.2, -0.15) is 4.31 Å². The topological polar surface area (TPSA) is 92.5 Å².